The third-order valence-corrected chi connectivity index (χ3v) is 2.99. The Kier molecular flexibility index (Phi) is 1.37. The van der Waals surface area contributed by atoms with Crippen LogP contribution in [-0.4, -0.2) is 15.8 Å². The minimum Gasteiger partial charge on any atom is -0.327 e. The Balaban J connectivity index is 2.24. The van der Waals surface area contributed by atoms with Crippen molar-refractivity contribution in [3.63, 3.8) is 0 Å². The highest BCUT2D eigenvalue weighted by molar-refractivity contribution is 5.30. The first-order valence-corrected chi connectivity index (χ1v) is 4.27. The summed E-state index contributed by atoms with van der Waals surface area (Å²) in [6.45, 7) is 4.41. The van der Waals surface area contributed by atoms with E-state index in [1.807, 2.05) is 17.9 Å². The van der Waals surface area contributed by atoms with Crippen LogP contribution in [0, 0.1) is 5.41 Å². The highest BCUT2D eigenvalue weighted by Gasteiger charge is 2.56. The van der Waals surface area contributed by atoms with Crippen LogP contribution in [0.15, 0.2) is 12.4 Å². The first kappa shape index (κ1) is 7.80. The summed E-state index contributed by atoms with van der Waals surface area (Å²) in [5.41, 5.74) is 7.49. The van der Waals surface area contributed by atoms with E-state index in [1.165, 1.54) is 5.56 Å². The van der Waals surface area contributed by atoms with Crippen LogP contribution in [0.2, 0.25) is 0 Å². The number of nitrogens with two attached hydrogens (primary N) is 1. The van der Waals surface area contributed by atoms with Crippen LogP contribution in [0.4, 0.5) is 0 Å². The maximum Gasteiger partial charge on any atom is 0.0525 e. The minimum absolute atomic E-state index is 0.267. The van der Waals surface area contributed by atoms with Crippen LogP contribution < -0.4 is 5.73 Å². The minimum atomic E-state index is 0.267. The molecule has 2 N–H and O–H groups in total. The second-order valence-corrected chi connectivity index (χ2v) is 4.27. The first-order chi connectivity index (χ1) is 5.53. The molecule has 3 nitrogen and oxygen atoms in total. The van der Waals surface area contributed by atoms with E-state index < -0.39 is 0 Å². The molecule has 1 fully saturated rings. The number of rotatable bonds is 1. The fraction of sp³-hybridized carbons (Fsp3) is 0.667. The third-order valence-electron chi connectivity index (χ3n) is 2.99. The smallest absolute Gasteiger partial charge is 0.0525 e. The van der Waals surface area contributed by atoms with E-state index in [0.717, 1.165) is 0 Å². The first-order valence-electron chi connectivity index (χ1n) is 4.27. The maximum absolute atomic E-state index is 5.95. The predicted octanol–water partition coefficient (Wildman–Crippen LogP) is 0.871. The van der Waals surface area contributed by atoms with Crippen molar-refractivity contribution in [1.82, 2.24) is 9.78 Å². The molecule has 0 spiro atoms. The van der Waals surface area contributed by atoms with Crippen molar-refractivity contribution < 1.29 is 0 Å². The molecule has 0 amide bonds. The van der Waals surface area contributed by atoms with Gasteiger partial charge < -0.3 is 5.73 Å². The molecule has 1 heterocycles. The summed E-state index contributed by atoms with van der Waals surface area (Å²) in [5, 5.41) is 4.14. The molecule has 66 valence electrons. The zero-order valence-electron chi connectivity index (χ0n) is 7.78. The quantitative estimate of drug-likeness (QED) is 0.671. The lowest BCUT2D eigenvalue weighted by Crippen LogP contribution is -2.06. The van der Waals surface area contributed by atoms with Crippen LogP contribution in [0.3, 0.4) is 0 Å². The highest BCUT2D eigenvalue weighted by atomic mass is 15.2. The van der Waals surface area contributed by atoms with Gasteiger partial charge in [-0.2, -0.15) is 5.10 Å². The lowest BCUT2D eigenvalue weighted by molar-refractivity contribution is 0.599. The second kappa shape index (κ2) is 2.10. The van der Waals surface area contributed by atoms with Crippen molar-refractivity contribution in [3.05, 3.63) is 18.0 Å². The van der Waals surface area contributed by atoms with Crippen molar-refractivity contribution in [2.24, 2.45) is 18.2 Å². The van der Waals surface area contributed by atoms with Crippen molar-refractivity contribution in [2.45, 2.75) is 25.8 Å². The molecule has 0 aliphatic heterocycles. The van der Waals surface area contributed by atoms with Crippen LogP contribution in [0.25, 0.3) is 0 Å². The molecule has 12 heavy (non-hydrogen) atoms. The lowest BCUT2D eigenvalue weighted by Gasteiger charge is -1.97. The fourth-order valence-corrected chi connectivity index (χ4v) is 1.92. The Labute approximate surface area is 72.6 Å². The molecule has 1 aromatic rings. The van der Waals surface area contributed by atoms with Gasteiger partial charge in [-0.15, -0.1) is 0 Å². The van der Waals surface area contributed by atoms with E-state index in [1.54, 1.807) is 0 Å². The predicted molar refractivity (Wildman–Crippen MR) is 47.7 cm³/mol. The summed E-state index contributed by atoms with van der Waals surface area (Å²) < 4.78 is 1.83. The molecule has 2 atom stereocenters. The Morgan fingerprint density at radius 2 is 2.17 bits per heavy atom. The average molecular weight is 165 g/mol. The largest absolute Gasteiger partial charge is 0.327 e. The average Bonchev–Trinajstić information content (AvgIpc) is 2.38. The topological polar surface area (TPSA) is 43.8 Å². The van der Waals surface area contributed by atoms with E-state index in [2.05, 4.69) is 25.1 Å². The van der Waals surface area contributed by atoms with Gasteiger partial charge in [-0.3, -0.25) is 4.68 Å². The van der Waals surface area contributed by atoms with Crippen molar-refractivity contribution in [2.75, 3.05) is 0 Å². The number of aryl methyl sites for hydroxylation is 1. The summed E-state index contributed by atoms with van der Waals surface area (Å²) in [6.07, 6.45) is 3.97. The van der Waals surface area contributed by atoms with E-state index in [0.29, 0.717) is 12.0 Å². The summed E-state index contributed by atoms with van der Waals surface area (Å²) >= 11 is 0. The van der Waals surface area contributed by atoms with Crippen molar-refractivity contribution >= 4 is 0 Å². The van der Waals surface area contributed by atoms with Gasteiger partial charge in [0.25, 0.3) is 0 Å². The molecule has 1 aliphatic carbocycles. The number of hydrogen-bond donors (Lipinski definition) is 1. The zero-order chi connectivity index (χ0) is 8.93. The molecule has 0 saturated heterocycles. The molecule has 2 unspecified atom stereocenters. The fourth-order valence-electron chi connectivity index (χ4n) is 1.92. The van der Waals surface area contributed by atoms with Crippen molar-refractivity contribution in [1.29, 1.82) is 0 Å². The van der Waals surface area contributed by atoms with Gasteiger partial charge in [-0.25, -0.2) is 0 Å². The Hall–Kier alpha value is -0.830. The van der Waals surface area contributed by atoms with E-state index in [4.69, 9.17) is 5.73 Å². The second-order valence-electron chi connectivity index (χ2n) is 4.27. The van der Waals surface area contributed by atoms with E-state index >= 15 is 0 Å². The Morgan fingerprint density at radius 3 is 2.50 bits per heavy atom. The highest BCUT2D eigenvalue weighted by Crippen LogP contribution is 2.57. The SMILES string of the molecule is Cn1cc(C2C(N)C2(C)C)cn1. The van der Waals surface area contributed by atoms with Crippen LogP contribution in [0.1, 0.15) is 25.3 Å². The van der Waals surface area contributed by atoms with Gasteiger partial charge in [0.1, 0.15) is 0 Å². The van der Waals surface area contributed by atoms with E-state index in [-0.39, 0.29) is 5.41 Å². The third kappa shape index (κ3) is 0.894. The molecule has 1 aromatic heterocycles. The Bertz CT molecular complexity index is 300. The maximum atomic E-state index is 5.95. The molecule has 3 heteroatoms. The molecule has 2 rings (SSSR count). The van der Waals surface area contributed by atoms with Gasteiger partial charge in [0.05, 0.1) is 6.20 Å². The molecule has 1 saturated carbocycles. The number of aromatic nitrogens is 2. The monoisotopic (exact) mass is 165 g/mol. The molecular weight excluding hydrogens is 150 g/mol. The summed E-state index contributed by atoms with van der Waals surface area (Å²) in [5.74, 6) is 0.506. The van der Waals surface area contributed by atoms with Gasteiger partial charge in [-0.05, 0) is 11.0 Å². The van der Waals surface area contributed by atoms with Crippen LogP contribution >= 0.6 is 0 Å². The molecule has 0 radical (unpaired) electrons. The van der Waals surface area contributed by atoms with Gasteiger partial charge in [0.15, 0.2) is 0 Å². The zero-order valence-corrected chi connectivity index (χ0v) is 7.78. The standard InChI is InChI=1S/C9H15N3/c1-9(2)7(8(9)10)6-4-11-12(3)5-6/h4-5,7-8H,10H2,1-3H3. The normalized spacial score (nSPS) is 32.0. The molecule has 1 aliphatic rings. The number of nitrogens with zero attached hydrogens (tertiary/aromatic N) is 2. The number of hydrogen-bond acceptors (Lipinski definition) is 2. The van der Waals surface area contributed by atoms with E-state index in [9.17, 15) is 0 Å². The van der Waals surface area contributed by atoms with Crippen LogP contribution in [0.5, 0.6) is 0 Å². The molecule has 0 bridgehead atoms. The van der Waals surface area contributed by atoms with Gasteiger partial charge in [-0.1, -0.05) is 13.8 Å². The van der Waals surface area contributed by atoms with Gasteiger partial charge in [0, 0.05) is 25.2 Å². The summed E-state index contributed by atoms with van der Waals surface area (Å²) in [7, 11) is 1.93. The Morgan fingerprint density at radius 1 is 1.58 bits per heavy atom. The van der Waals surface area contributed by atoms with Gasteiger partial charge >= 0.3 is 0 Å². The molecule has 0 aromatic carbocycles. The van der Waals surface area contributed by atoms with Gasteiger partial charge in [0.2, 0.25) is 0 Å². The lowest BCUT2D eigenvalue weighted by atomic mass is 10.1. The summed E-state index contributed by atoms with van der Waals surface area (Å²) in [6, 6.07) is 0.307. The van der Waals surface area contributed by atoms with Crippen molar-refractivity contribution in [3.8, 4) is 0 Å². The van der Waals surface area contributed by atoms with Crippen LogP contribution in [-0.2, 0) is 7.05 Å². The molecular formula is C9H15N3. The summed E-state index contributed by atoms with van der Waals surface area (Å²) in [4.78, 5) is 0.